The number of nitrogens with zero attached hydrogens (tertiary/aromatic N) is 2. The quantitative estimate of drug-likeness (QED) is 0.748. The molecule has 4 nitrogen and oxygen atoms in total. The summed E-state index contributed by atoms with van der Waals surface area (Å²) in [5.41, 5.74) is 6.69. The topological polar surface area (TPSA) is 49.6 Å². The molecule has 28 heavy (non-hydrogen) atoms. The van der Waals surface area contributed by atoms with Crippen molar-refractivity contribution in [2.24, 2.45) is 5.73 Å². The summed E-state index contributed by atoms with van der Waals surface area (Å²) in [6.45, 7) is 1.49. The second-order valence-corrected chi connectivity index (χ2v) is 6.63. The fourth-order valence-electron chi connectivity index (χ4n) is 2.61. The second kappa shape index (κ2) is 10.5. The first-order chi connectivity index (χ1) is 12.7. The summed E-state index contributed by atoms with van der Waals surface area (Å²) in [6.07, 6.45) is -4.41. The lowest BCUT2D eigenvalue weighted by Gasteiger charge is -2.25. The third-order valence-corrected chi connectivity index (χ3v) is 4.17. The number of hydrogen-bond donors (Lipinski definition) is 1. The van der Waals surface area contributed by atoms with E-state index in [1.165, 1.54) is 6.07 Å². The lowest BCUT2D eigenvalue weighted by molar-refractivity contribution is -0.137. The maximum absolute atomic E-state index is 13.0. The highest BCUT2D eigenvalue weighted by Gasteiger charge is 2.30. The Morgan fingerprint density at radius 3 is 2.18 bits per heavy atom. The molecule has 2 rings (SSSR count). The Morgan fingerprint density at radius 2 is 1.64 bits per heavy atom. The molecule has 0 aliphatic heterocycles. The normalized spacial score (nSPS) is 11.2. The van der Waals surface area contributed by atoms with Gasteiger partial charge in [-0.2, -0.15) is 13.2 Å². The van der Waals surface area contributed by atoms with Crippen LogP contribution in [0.3, 0.4) is 0 Å². The van der Waals surface area contributed by atoms with Crippen molar-refractivity contribution in [3.8, 4) is 0 Å². The summed E-state index contributed by atoms with van der Waals surface area (Å²) >= 11 is 0. The highest BCUT2D eigenvalue weighted by Crippen LogP contribution is 2.29. The van der Waals surface area contributed by atoms with Crippen molar-refractivity contribution in [1.29, 1.82) is 0 Å². The van der Waals surface area contributed by atoms with Crippen LogP contribution in [0.5, 0.6) is 0 Å². The van der Waals surface area contributed by atoms with Gasteiger partial charge in [0.1, 0.15) is 0 Å². The van der Waals surface area contributed by atoms with Gasteiger partial charge in [-0.25, -0.2) is 0 Å². The Labute approximate surface area is 169 Å². The molecule has 2 N–H and O–H groups in total. The number of hydrogen-bond acceptors (Lipinski definition) is 3. The first-order valence-corrected chi connectivity index (χ1v) is 8.60. The van der Waals surface area contributed by atoms with Crippen LogP contribution in [0.4, 0.5) is 13.2 Å². The molecule has 8 heteroatoms. The van der Waals surface area contributed by atoms with Gasteiger partial charge in [-0.05, 0) is 49.5 Å². The molecule has 0 radical (unpaired) electrons. The predicted molar refractivity (Wildman–Crippen MR) is 106 cm³/mol. The fraction of sp³-hybridized carbons (Fsp3) is 0.350. The smallest absolute Gasteiger partial charge is 0.333 e. The molecule has 0 spiro atoms. The average molecular weight is 416 g/mol. The van der Waals surface area contributed by atoms with E-state index in [0.717, 1.165) is 17.7 Å². The van der Waals surface area contributed by atoms with E-state index >= 15 is 0 Å². The van der Waals surface area contributed by atoms with Gasteiger partial charge in [-0.15, -0.1) is 12.4 Å². The molecular formula is C20H25ClF3N3O. The zero-order valence-electron chi connectivity index (χ0n) is 15.9. The highest BCUT2D eigenvalue weighted by molar-refractivity contribution is 5.94. The number of carbonyl (C=O) groups is 1. The number of nitrogens with two attached hydrogens (primary N) is 1. The Bertz CT molecular complexity index is 764. The van der Waals surface area contributed by atoms with E-state index in [0.29, 0.717) is 30.8 Å². The molecule has 0 saturated heterocycles. The molecule has 0 fully saturated rings. The van der Waals surface area contributed by atoms with E-state index in [-0.39, 0.29) is 24.9 Å². The molecule has 0 atom stereocenters. The largest absolute Gasteiger partial charge is 0.416 e. The van der Waals surface area contributed by atoms with Crippen molar-refractivity contribution in [2.75, 3.05) is 27.2 Å². The van der Waals surface area contributed by atoms with Crippen LogP contribution in [-0.2, 0) is 19.3 Å². The molecule has 2 aromatic rings. The van der Waals surface area contributed by atoms with Gasteiger partial charge < -0.3 is 15.5 Å². The highest BCUT2D eigenvalue weighted by atomic mass is 35.5. The monoisotopic (exact) mass is 415 g/mol. The summed E-state index contributed by atoms with van der Waals surface area (Å²) < 4.78 is 38.9. The number of benzene rings is 2. The molecular weight excluding hydrogens is 391 g/mol. The summed E-state index contributed by atoms with van der Waals surface area (Å²) in [5, 5.41) is 0. The molecule has 154 valence electrons. The summed E-state index contributed by atoms with van der Waals surface area (Å²) in [7, 11) is 3.76. The van der Waals surface area contributed by atoms with Crippen LogP contribution in [0.15, 0.2) is 48.5 Å². The van der Waals surface area contributed by atoms with Crippen LogP contribution in [0.1, 0.15) is 27.0 Å². The standard InChI is InChI=1S/C20H24F3N3O.ClH/c1-25(2)10-11-26(19(27)17-8-6-15(13-24)7-9-17)14-16-4-3-5-18(12-16)20(21,22)23;/h3-9,12H,10-11,13-14,24H2,1-2H3;1H. The van der Waals surface area contributed by atoms with Crippen LogP contribution in [-0.4, -0.2) is 42.9 Å². The number of carbonyl (C=O) groups excluding carboxylic acids is 1. The zero-order valence-corrected chi connectivity index (χ0v) is 16.7. The zero-order chi connectivity index (χ0) is 20.0. The van der Waals surface area contributed by atoms with Crippen molar-refractivity contribution >= 4 is 18.3 Å². The number of amides is 1. The lowest BCUT2D eigenvalue weighted by atomic mass is 10.1. The minimum Gasteiger partial charge on any atom is -0.333 e. The van der Waals surface area contributed by atoms with Gasteiger partial charge in [0.2, 0.25) is 0 Å². The third-order valence-electron chi connectivity index (χ3n) is 4.17. The molecule has 2 aromatic carbocycles. The van der Waals surface area contributed by atoms with E-state index in [2.05, 4.69) is 0 Å². The lowest BCUT2D eigenvalue weighted by Crippen LogP contribution is -2.36. The number of halogens is 4. The first-order valence-electron chi connectivity index (χ1n) is 8.60. The van der Waals surface area contributed by atoms with Gasteiger partial charge in [0, 0.05) is 31.7 Å². The van der Waals surface area contributed by atoms with Crippen molar-refractivity contribution in [2.45, 2.75) is 19.3 Å². The van der Waals surface area contributed by atoms with Gasteiger partial charge in [0.05, 0.1) is 5.56 Å². The maximum atomic E-state index is 13.0. The summed E-state index contributed by atoms with van der Waals surface area (Å²) in [5.74, 6) is -0.224. The van der Waals surface area contributed by atoms with Crippen LogP contribution >= 0.6 is 12.4 Å². The number of alkyl halides is 3. The first kappa shape index (κ1) is 23.9. The molecule has 0 unspecified atom stereocenters. The van der Waals surface area contributed by atoms with Crippen LogP contribution in [0.25, 0.3) is 0 Å². The van der Waals surface area contributed by atoms with Crippen molar-refractivity contribution in [3.05, 3.63) is 70.8 Å². The predicted octanol–water partition coefficient (Wildman–Crippen LogP) is 3.79. The van der Waals surface area contributed by atoms with Crippen LogP contribution in [0, 0.1) is 0 Å². The van der Waals surface area contributed by atoms with Gasteiger partial charge in [0.25, 0.3) is 5.91 Å². The SMILES string of the molecule is CN(C)CCN(Cc1cccc(C(F)(F)F)c1)C(=O)c1ccc(CN)cc1.Cl. The Kier molecular flexibility index (Phi) is 8.94. The van der Waals surface area contributed by atoms with E-state index in [4.69, 9.17) is 5.73 Å². The fourth-order valence-corrected chi connectivity index (χ4v) is 2.61. The van der Waals surface area contributed by atoms with Gasteiger partial charge in [-0.1, -0.05) is 24.3 Å². The molecule has 0 bridgehead atoms. The molecule has 0 aliphatic rings. The van der Waals surface area contributed by atoms with E-state index in [1.54, 1.807) is 35.2 Å². The van der Waals surface area contributed by atoms with Crippen molar-refractivity contribution in [3.63, 3.8) is 0 Å². The molecule has 0 aromatic heterocycles. The van der Waals surface area contributed by atoms with Gasteiger partial charge >= 0.3 is 6.18 Å². The number of likely N-dealkylation sites (N-methyl/N-ethyl adjacent to an activating group) is 1. The minimum absolute atomic E-state index is 0. The molecule has 1 amide bonds. The Hall–Kier alpha value is -2.09. The third kappa shape index (κ3) is 6.82. The second-order valence-electron chi connectivity index (χ2n) is 6.63. The summed E-state index contributed by atoms with van der Waals surface area (Å²) in [6, 6.07) is 12.0. The Morgan fingerprint density at radius 1 is 1.00 bits per heavy atom. The van der Waals surface area contributed by atoms with Crippen molar-refractivity contribution < 1.29 is 18.0 Å². The summed E-state index contributed by atoms with van der Waals surface area (Å²) in [4.78, 5) is 16.4. The van der Waals surface area contributed by atoms with Crippen molar-refractivity contribution in [1.82, 2.24) is 9.80 Å². The average Bonchev–Trinajstić information content (AvgIpc) is 2.64. The molecule has 0 saturated carbocycles. The van der Waals surface area contributed by atoms with E-state index in [9.17, 15) is 18.0 Å². The number of rotatable bonds is 7. The Balaban J connectivity index is 0.00000392. The minimum atomic E-state index is -4.41. The van der Waals surface area contributed by atoms with Crippen LogP contribution in [0.2, 0.25) is 0 Å². The van der Waals surface area contributed by atoms with E-state index in [1.807, 2.05) is 19.0 Å². The van der Waals surface area contributed by atoms with Crippen LogP contribution < -0.4 is 5.73 Å². The van der Waals surface area contributed by atoms with Gasteiger partial charge in [0.15, 0.2) is 0 Å². The molecule has 0 heterocycles. The molecule has 0 aliphatic carbocycles. The maximum Gasteiger partial charge on any atom is 0.416 e. The van der Waals surface area contributed by atoms with Gasteiger partial charge in [-0.3, -0.25) is 4.79 Å². The van der Waals surface area contributed by atoms with E-state index < -0.39 is 11.7 Å².